The highest BCUT2D eigenvalue weighted by Gasteiger charge is 2.16. The second-order valence-electron chi connectivity index (χ2n) is 4.74. The third-order valence-corrected chi connectivity index (χ3v) is 2.95. The first-order chi connectivity index (χ1) is 9.67. The average molecular weight is 267 g/mol. The first-order valence-electron chi connectivity index (χ1n) is 6.61. The minimum atomic E-state index is 0.269. The average Bonchev–Trinajstić information content (AvgIpc) is 2.47. The molecule has 5 nitrogen and oxygen atoms in total. The fraction of sp³-hybridized carbons (Fsp3) is 0.333. The van der Waals surface area contributed by atoms with Gasteiger partial charge in [-0.25, -0.2) is 9.97 Å². The van der Waals surface area contributed by atoms with Crippen molar-refractivity contribution in [2.24, 2.45) is 0 Å². The molecule has 0 radical (unpaired) electrons. The van der Waals surface area contributed by atoms with Crippen molar-refractivity contribution in [3.63, 3.8) is 0 Å². The maximum atomic E-state index is 8.99. The molecule has 0 aliphatic rings. The van der Waals surface area contributed by atoms with Gasteiger partial charge in [-0.3, -0.25) is 4.98 Å². The molecule has 2 aromatic rings. The maximum absolute atomic E-state index is 8.99. The number of anilines is 1. The highest BCUT2D eigenvalue weighted by Crippen LogP contribution is 2.31. The van der Waals surface area contributed by atoms with Crippen molar-refractivity contribution in [1.29, 1.82) is 5.26 Å². The predicted octanol–water partition coefficient (Wildman–Crippen LogP) is 2.97. The summed E-state index contributed by atoms with van der Waals surface area (Å²) in [5.74, 6) is 1.11. The highest BCUT2D eigenvalue weighted by atomic mass is 15.0. The van der Waals surface area contributed by atoms with E-state index in [-0.39, 0.29) is 5.92 Å². The van der Waals surface area contributed by atoms with Crippen LogP contribution in [0.3, 0.4) is 0 Å². The van der Waals surface area contributed by atoms with Crippen molar-refractivity contribution < 1.29 is 0 Å². The largest absolute Gasteiger partial charge is 0.370 e. The lowest BCUT2D eigenvalue weighted by molar-refractivity contribution is 0.849. The molecule has 0 saturated heterocycles. The summed E-state index contributed by atoms with van der Waals surface area (Å²) >= 11 is 0. The summed E-state index contributed by atoms with van der Waals surface area (Å²) in [7, 11) is 0. The molecule has 5 heteroatoms. The third-order valence-electron chi connectivity index (χ3n) is 2.95. The van der Waals surface area contributed by atoms with Crippen molar-refractivity contribution >= 4 is 5.82 Å². The molecule has 0 saturated carbocycles. The molecule has 0 unspecified atom stereocenters. The lowest BCUT2D eigenvalue weighted by Crippen LogP contribution is -2.07. The van der Waals surface area contributed by atoms with E-state index in [1.165, 1.54) is 6.33 Å². The molecule has 0 spiro atoms. The number of hydrogen-bond acceptors (Lipinski definition) is 5. The summed E-state index contributed by atoms with van der Waals surface area (Å²) in [6.07, 6.45) is 4.81. The van der Waals surface area contributed by atoms with Crippen molar-refractivity contribution in [3.8, 4) is 17.3 Å². The van der Waals surface area contributed by atoms with Crippen LogP contribution in [0.4, 0.5) is 5.82 Å². The van der Waals surface area contributed by atoms with Crippen LogP contribution < -0.4 is 5.32 Å². The molecular formula is C15H17N5. The van der Waals surface area contributed by atoms with E-state index in [1.807, 2.05) is 6.92 Å². The Morgan fingerprint density at radius 3 is 2.75 bits per heavy atom. The van der Waals surface area contributed by atoms with E-state index in [4.69, 9.17) is 5.26 Å². The molecule has 0 aromatic carbocycles. The molecule has 20 heavy (non-hydrogen) atoms. The maximum Gasteiger partial charge on any atom is 0.133 e. The lowest BCUT2D eigenvalue weighted by atomic mass is 9.97. The SMILES string of the molecule is CCNc1ncnc(-c2cncc(C#N)c2)c1C(C)C. The lowest BCUT2D eigenvalue weighted by Gasteiger charge is -2.16. The second-order valence-corrected chi connectivity index (χ2v) is 4.74. The highest BCUT2D eigenvalue weighted by molar-refractivity contribution is 5.69. The fourth-order valence-electron chi connectivity index (χ4n) is 2.11. The van der Waals surface area contributed by atoms with Crippen LogP contribution in [0, 0.1) is 11.3 Å². The van der Waals surface area contributed by atoms with Crippen LogP contribution in [0.2, 0.25) is 0 Å². The summed E-state index contributed by atoms with van der Waals surface area (Å²) in [6.45, 7) is 7.03. The van der Waals surface area contributed by atoms with Gasteiger partial charge >= 0.3 is 0 Å². The quantitative estimate of drug-likeness (QED) is 0.921. The zero-order valence-electron chi connectivity index (χ0n) is 11.9. The molecule has 102 valence electrons. The minimum Gasteiger partial charge on any atom is -0.370 e. The Bertz CT molecular complexity index is 643. The monoisotopic (exact) mass is 267 g/mol. The van der Waals surface area contributed by atoms with Gasteiger partial charge in [-0.1, -0.05) is 13.8 Å². The minimum absolute atomic E-state index is 0.269. The summed E-state index contributed by atoms with van der Waals surface area (Å²) < 4.78 is 0. The van der Waals surface area contributed by atoms with Gasteiger partial charge in [-0.2, -0.15) is 5.26 Å². The smallest absolute Gasteiger partial charge is 0.133 e. The molecule has 0 aliphatic carbocycles. The summed E-state index contributed by atoms with van der Waals surface area (Å²) in [5.41, 5.74) is 3.25. The van der Waals surface area contributed by atoms with Crippen LogP contribution in [0.25, 0.3) is 11.3 Å². The van der Waals surface area contributed by atoms with Crippen LogP contribution >= 0.6 is 0 Å². The van der Waals surface area contributed by atoms with E-state index >= 15 is 0 Å². The van der Waals surface area contributed by atoms with Gasteiger partial charge in [0.15, 0.2) is 0 Å². The van der Waals surface area contributed by atoms with E-state index in [0.29, 0.717) is 5.56 Å². The van der Waals surface area contributed by atoms with E-state index in [9.17, 15) is 0 Å². The van der Waals surface area contributed by atoms with Crippen molar-refractivity contribution in [1.82, 2.24) is 15.0 Å². The van der Waals surface area contributed by atoms with Crippen LogP contribution in [0.5, 0.6) is 0 Å². The van der Waals surface area contributed by atoms with Crippen molar-refractivity contribution in [3.05, 3.63) is 35.9 Å². The van der Waals surface area contributed by atoms with E-state index in [2.05, 4.69) is 40.2 Å². The van der Waals surface area contributed by atoms with Gasteiger partial charge < -0.3 is 5.32 Å². The number of rotatable bonds is 4. The van der Waals surface area contributed by atoms with Crippen LogP contribution in [0.1, 0.15) is 37.8 Å². The second kappa shape index (κ2) is 6.11. The normalized spacial score (nSPS) is 10.3. The van der Waals surface area contributed by atoms with Crippen molar-refractivity contribution in [2.45, 2.75) is 26.7 Å². The molecule has 1 N–H and O–H groups in total. The topological polar surface area (TPSA) is 74.5 Å². The molecular weight excluding hydrogens is 250 g/mol. The number of pyridine rings is 1. The predicted molar refractivity (Wildman–Crippen MR) is 78.2 cm³/mol. The van der Waals surface area contributed by atoms with E-state index < -0.39 is 0 Å². The number of nitrogens with zero attached hydrogens (tertiary/aromatic N) is 4. The fourth-order valence-corrected chi connectivity index (χ4v) is 2.11. The van der Waals surface area contributed by atoms with Gasteiger partial charge in [0, 0.05) is 30.1 Å². The van der Waals surface area contributed by atoms with Crippen LogP contribution in [-0.4, -0.2) is 21.5 Å². The Morgan fingerprint density at radius 1 is 1.30 bits per heavy atom. The van der Waals surface area contributed by atoms with Crippen LogP contribution in [0.15, 0.2) is 24.8 Å². The molecule has 0 bridgehead atoms. The molecule has 0 fully saturated rings. The first-order valence-corrected chi connectivity index (χ1v) is 6.61. The molecule has 2 rings (SSSR count). The first kappa shape index (κ1) is 13.9. The van der Waals surface area contributed by atoms with Gasteiger partial charge in [0.05, 0.1) is 11.3 Å². The van der Waals surface area contributed by atoms with Gasteiger partial charge in [0.1, 0.15) is 18.2 Å². The van der Waals surface area contributed by atoms with Crippen LogP contribution in [-0.2, 0) is 0 Å². The molecule has 0 aliphatic heterocycles. The van der Waals surface area contributed by atoms with Gasteiger partial charge in [0.2, 0.25) is 0 Å². The van der Waals surface area contributed by atoms with E-state index in [0.717, 1.165) is 29.2 Å². The molecule has 0 atom stereocenters. The van der Waals surface area contributed by atoms with Crippen molar-refractivity contribution in [2.75, 3.05) is 11.9 Å². The molecule has 2 aromatic heterocycles. The zero-order chi connectivity index (χ0) is 14.5. The molecule has 2 heterocycles. The Kier molecular flexibility index (Phi) is 4.26. The standard InChI is InChI=1S/C15H17N5/c1-4-18-15-13(10(2)3)14(19-9-20-15)12-5-11(6-16)7-17-8-12/h5,7-10H,4H2,1-3H3,(H,18,19,20). The Hall–Kier alpha value is -2.48. The van der Waals surface area contributed by atoms with Gasteiger partial charge in [0.25, 0.3) is 0 Å². The zero-order valence-corrected chi connectivity index (χ0v) is 11.9. The van der Waals surface area contributed by atoms with E-state index in [1.54, 1.807) is 18.5 Å². The Balaban J connectivity index is 2.61. The number of aromatic nitrogens is 3. The number of nitriles is 1. The third kappa shape index (κ3) is 2.75. The summed E-state index contributed by atoms with van der Waals surface area (Å²) in [6, 6.07) is 3.91. The van der Waals surface area contributed by atoms with Gasteiger partial charge in [-0.15, -0.1) is 0 Å². The Morgan fingerprint density at radius 2 is 2.10 bits per heavy atom. The number of hydrogen-bond donors (Lipinski definition) is 1. The van der Waals surface area contributed by atoms with Gasteiger partial charge in [-0.05, 0) is 18.9 Å². The summed E-state index contributed by atoms with van der Waals surface area (Å²) in [5, 5.41) is 12.3. The molecule has 0 amide bonds. The number of nitrogens with one attached hydrogen (secondary N) is 1. The Labute approximate surface area is 118 Å². The summed E-state index contributed by atoms with van der Waals surface area (Å²) in [4.78, 5) is 12.8.